The Labute approximate surface area is 149 Å². The molecule has 1 N–H and O–H groups in total. The third-order valence-corrected chi connectivity index (χ3v) is 4.13. The van der Waals surface area contributed by atoms with E-state index in [9.17, 15) is 9.59 Å². The molecule has 1 aromatic carbocycles. The Hall–Kier alpha value is -3.16. The largest absolute Gasteiger partial charge is 0.496 e. The number of carbonyl (C=O) groups is 1. The summed E-state index contributed by atoms with van der Waals surface area (Å²) in [6.07, 6.45) is 0.491. The highest BCUT2D eigenvalue weighted by Gasteiger charge is 2.18. The Morgan fingerprint density at radius 1 is 1.35 bits per heavy atom. The molecule has 0 aliphatic carbocycles. The summed E-state index contributed by atoms with van der Waals surface area (Å²) in [4.78, 5) is 29.4. The van der Waals surface area contributed by atoms with E-state index in [0.717, 1.165) is 5.56 Å². The zero-order valence-electron chi connectivity index (χ0n) is 14.9. The van der Waals surface area contributed by atoms with E-state index < -0.39 is 0 Å². The van der Waals surface area contributed by atoms with Crippen molar-refractivity contribution in [3.8, 4) is 5.75 Å². The van der Waals surface area contributed by atoms with Gasteiger partial charge in [-0.1, -0.05) is 30.3 Å². The molecule has 0 spiro atoms. The van der Waals surface area contributed by atoms with E-state index in [1.54, 1.807) is 14.0 Å². The summed E-state index contributed by atoms with van der Waals surface area (Å²) < 4.78 is 11.7. The molecule has 136 valence electrons. The predicted molar refractivity (Wildman–Crippen MR) is 95.0 cm³/mol. The van der Waals surface area contributed by atoms with Crippen molar-refractivity contribution in [3.05, 3.63) is 51.7 Å². The zero-order chi connectivity index (χ0) is 18.7. The number of nitrogens with one attached hydrogen (secondary N) is 1. The van der Waals surface area contributed by atoms with Crippen LogP contribution in [0, 0.1) is 6.92 Å². The second kappa shape index (κ2) is 7.38. The van der Waals surface area contributed by atoms with Crippen LogP contribution in [0.2, 0.25) is 0 Å². The summed E-state index contributed by atoms with van der Waals surface area (Å²) in [6, 6.07) is 7.43. The van der Waals surface area contributed by atoms with Gasteiger partial charge in [0.1, 0.15) is 23.5 Å². The highest BCUT2D eigenvalue weighted by Crippen LogP contribution is 2.16. The fraction of sp³-hybridized carbons (Fsp3) is 0.333. The standard InChI is InChI=1S/C18H20N4O4/c1-4-14-20-17-16(11(2)21-26-17)18(24)22(14)10-15(23)19-9-12-7-5-6-8-13(12)25-3/h5-8H,4,9-10H2,1-3H3,(H,19,23). The van der Waals surface area contributed by atoms with Crippen LogP contribution in [0.4, 0.5) is 0 Å². The molecule has 3 aromatic rings. The van der Waals surface area contributed by atoms with E-state index in [4.69, 9.17) is 9.26 Å². The van der Waals surface area contributed by atoms with Crippen molar-refractivity contribution in [2.45, 2.75) is 33.4 Å². The lowest BCUT2D eigenvalue weighted by molar-refractivity contribution is -0.121. The van der Waals surface area contributed by atoms with Crippen molar-refractivity contribution < 1.29 is 14.1 Å². The van der Waals surface area contributed by atoms with Crippen LogP contribution in [0.5, 0.6) is 5.75 Å². The minimum atomic E-state index is -0.321. The number of carbonyl (C=O) groups excluding carboxylic acids is 1. The third kappa shape index (κ3) is 3.30. The fourth-order valence-corrected chi connectivity index (χ4v) is 2.79. The number of rotatable bonds is 6. The summed E-state index contributed by atoms with van der Waals surface area (Å²) >= 11 is 0. The molecule has 0 saturated carbocycles. The molecule has 8 heteroatoms. The number of fused-ring (bicyclic) bond motifs is 1. The molecule has 2 aromatic heterocycles. The average molecular weight is 356 g/mol. The Balaban J connectivity index is 1.82. The SMILES string of the molecule is CCc1nc2onc(C)c2c(=O)n1CC(=O)NCc1ccccc1OC. The number of hydrogen-bond acceptors (Lipinski definition) is 6. The van der Waals surface area contributed by atoms with Crippen LogP contribution in [0.3, 0.4) is 0 Å². The lowest BCUT2D eigenvalue weighted by Gasteiger charge is -2.12. The fourth-order valence-electron chi connectivity index (χ4n) is 2.79. The normalized spacial score (nSPS) is 10.9. The van der Waals surface area contributed by atoms with Gasteiger partial charge in [0.2, 0.25) is 5.91 Å². The average Bonchev–Trinajstić information content (AvgIpc) is 3.03. The van der Waals surface area contributed by atoms with Gasteiger partial charge >= 0.3 is 0 Å². The predicted octanol–water partition coefficient (Wildman–Crippen LogP) is 1.58. The maximum Gasteiger partial charge on any atom is 0.267 e. The molecule has 0 radical (unpaired) electrons. The Morgan fingerprint density at radius 2 is 2.12 bits per heavy atom. The topological polar surface area (TPSA) is 99.3 Å². The molecule has 0 atom stereocenters. The highest BCUT2D eigenvalue weighted by atomic mass is 16.5. The monoisotopic (exact) mass is 356 g/mol. The summed E-state index contributed by atoms with van der Waals surface area (Å²) in [7, 11) is 1.58. The van der Waals surface area contributed by atoms with E-state index in [1.165, 1.54) is 4.57 Å². The minimum Gasteiger partial charge on any atom is -0.496 e. The number of para-hydroxylation sites is 1. The van der Waals surface area contributed by atoms with Crippen LogP contribution in [0.25, 0.3) is 11.1 Å². The lowest BCUT2D eigenvalue weighted by atomic mass is 10.2. The number of ether oxygens (including phenoxy) is 1. The molecule has 0 aliphatic heterocycles. The van der Waals surface area contributed by atoms with Gasteiger partial charge in [-0.25, -0.2) is 0 Å². The summed E-state index contributed by atoms with van der Waals surface area (Å²) in [5.74, 6) is 0.886. The van der Waals surface area contributed by atoms with Gasteiger partial charge in [0.15, 0.2) is 0 Å². The first-order valence-electron chi connectivity index (χ1n) is 8.29. The molecular weight excluding hydrogens is 336 g/mol. The van der Waals surface area contributed by atoms with E-state index >= 15 is 0 Å². The number of amides is 1. The van der Waals surface area contributed by atoms with Crippen LogP contribution in [0.15, 0.2) is 33.6 Å². The van der Waals surface area contributed by atoms with Crippen molar-refractivity contribution >= 4 is 17.0 Å². The van der Waals surface area contributed by atoms with E-state index in [1.807, 2.05) is 31.2 Å². The van der Waals surface area contributed by atoms with Crippen molar-refractivity contribution in [2.75, 3.05) is 7.11 Å². The molecule has 8 nitrogen and oxygen atoms in total. The highest BCUT2D eigenvalue weighted by molar-refractivity contribution is 5.78. The van der Waals surface area contributed by atoms with Gasteiger partial charge in [-0.15, -0.1) is 0 Å². The van der Waals surface area contributed by atoms with Crippen LogP contribution in [-0.2, 0) is 24.3 Å². The van der Waals surface area contributed by atoms with E-state index in [0.29, 0.717) is 35.6 Å². The van der Waals surface area contributed by atoms with Crippen LogP contribution >= 0.6 is 0 Å². The number of benzene rings is 1. The number of aryl methyl sites for hydroxylation is 2. The molecule has 26 heavy (non-hydrogen) atoms. The van der Waals surface area contributed by atoms with Crippen molar-refractivity contribution in [1.82, 2.24) is 20.0 Å². The number of methoxy groups -OCH3 is 1. The van der Waals surface area contributed by atoms with Crippen LogP contribution in [0.1, 0.15) is 24.0 Å². The van der Waals surface area contributed by atoms with Crippen molar-refractivity contribution in [1.29, 1.82) is 0 Å². The quantitative estimate of drug-likeness (QED) is 0.720. The number of nitrogens with zero attached hydrogens (tertiary/aromatic N) is 3. The Kier molecular flexibility index (Phi) is 5.01. The molecule has 0 fully saturated rings. The van der Waals surface area contributed by atoms with Gasteiger partial charge in [0.05, 0.1) is 12.8 Å². The molecule has 0 aliphatic rings. The molecular formula is C18H20N4O4. The third-order valence-electron chi connectivity index (χ3n) is 4.13. The van der Waals surface area contributed by atoms with Crippen molar-refractivity contribution in [3.63, 3.8) is 0 Å². The van der Waals surface area contributed by atoms with Gasteiger partial charge in [-0.05, 0) is 13.0 Å². The van der Waals surface area contributed by atoms with Gasteiger partial charge in [0, 0.05) is 18.5 Å². The second-order valence-corrected chi connectivity index (χ2v) is 5.81. The first-order chi connectivity index (χ1) is 12.5. The number of hydrogen-bond donors (Lipinski definition) is 1. The van der Waals surface area contributed by atoms with Crippen molar-refractivity contribution in [2.24, 2.45) is 0 Å². The van der Waals surface area contributed by atoms with Gasteiger partial charge in [0.25, 0.3) is 11.3 Å². The van der Waals surface area contributed by atoms with E-state index in [-0.39, 0.29) is 23.7 Å². The lowest BCUT2D eigenvalue weighted by Crippen LogP contribution is -2.34. The molecule has 1 amide bonds. The first kappa shape index (κ1) is 17.7. The molecule has 3 rings (SSSR count). The number of aromatic nitrogens is 3. The summed E-state index contributed by atoms with van der Waals surface area (Å²) in [5.41, 5.74) is 1.20. The Bertz CT molecular complexity index is 1010. The van der Waals surface area contributed by atoms with Gasteiger partial charge < -0.3 is 14.6 Å². The molecule has 0 bridgehead atoms. The summed E-state index contributed by atoms with van der Waals surface area (Å²) in [5, 5.41) is 6.90. The molecule has 0 saturated heterocycles. The smallest absolute Gasteiger partial charge is 0.267 e. The minimum absolute atomic E-state index is 0.120. The second-order valence-electron chi connectivity index (χ2n) is 5.81. The summed E-state index contributed by atoms with van der Waals surface area (Å²) in [6.45, 7) is 3.72. The first-order valence-corrected chi connectivity index (χ1v) is 8.29. The zero-order valence-corrected chi connectivity index (χ0v) is 14.9. The van der Waals surface area contributed by atoms with Crippen LogP contribution in [-0.4, -0.2) is 27.7 Å². The van der Waals surface area contributed by atoms with Gasteiger partial charge in [-0.2, -0.15) is 4.98 Å². The molecule has 0 unspecified atom stereocenters. The van der Waals surface area contributed by atoms with Crippen LogP contribution < -0.4 is 15.6 Å². The van der Waals surface area contributed by atoms with E-state index in [2.05, 4.69) is 15.5 Å². The Morgan fingerprint density at radius 3 is 2.85 bits per heavy atom. The molecule has 2 heterocycles. The maximum absolute atomic E-state index is 12.7. The maximum atomic E-state index is 12.7. The van der Waals surface area contributed by atoms with Gasteiger partial charge in [-0.3, -0.25) is 14.2 Å².